The van der Waals surface area contributed by atoms with Gasteiger partial charge < -0.3 is 10.1 Å². The first-order valence-corrected chi connectivity index (χ1v) is 10.5. The third-order valence-electron chi connectivity index (χ3n) is 4.67. The Hall–Kier alpha value is -3.79. The summed E-state index contributed by atoms with van der Waals surface area (Å²) in [5.41, 5.74) is -1.39. The van der Waals surface area contributed by atoms with Crippen LogP contribution in [0.1, 0.15) is 6.92 Å². The minimum Gasteiger partial charge on any atom is -0.492 e. The van der Waals surface area contributed by atoms with Gasteiger partial charge in [0.05, 0.1) is 23.5 Å². The third-order valence-corrected chi connectivity index (χ3v) is 5.56. The highest BCUT2D eigenvalue weighted by Crippen LogP contribution is 2.24. The molecule has 4 rings (SSSR count). The molecule has 1 N–H and O–H groups in total. The van der Waals surface area contributed by atoms with Crippen molar-refractivity contribution < 1.29 is 18.3 Å². The average molecular weight is 457 g/mol. The molecule has 7 nitrogen and oxygen atoms in total. The number of nitrogens with one attached hydrogen (secondary N) is 1. The fraction of sp³-hybridized carbons (Fsp3) is 0.136. The van der Waals surface area contributed by atoms with E-state index >= 15 is 0 Å². The van der Waals surface area contributed by atoms with Gasteiger partial charge in [0.2, 0.25) is 5.91 Å². The second-order valence-electron chi connectivity index (χ2n) is 6.72. The number of rotatable bonds is 6. The molecule has 0 atom stereocenters. The molecule has 0 aliphatic carbocycles. The Morgan fingerprint density at radius 1 is 1.12 bits per heavy atom. The molecule has 0 fully saturated rings. The third kappa shape index (κ3) is 3.92. The van der Waals surface area contributed by atoms with Crippen LogP contribution in [0.15, 0.2) is 63.5 Å². The van der Waals surface area contributed by atoms with Crippen molar-refractivity contribution in [1.82, 2.24) is 9.13 Å². The van der Waals surface area contributed by atoms with Gasteiger partial charge in [0.1, 0.15) is 28.6 Å². The fourth-order valence-corrected chi connectivity index (χ4v) is 4.12. The second kappa shape index (κ2) is 8.75. The number of hydrogen-bond acceptors (Lipinski definition) is 5. The summed E-state index contributed by atoms with van der Waals surface area (Å²) in [5.74, 6) is -1.99. The zero-order valence-electron chi connectivity index (χ0n) is 16.8. The van der Waals surface area contributed by atoms with Gasteiger partial charge in [-0.15, -0.1) is 11.3 Å². The van der Waals surface area contributed by atoms with E-state index in [-0.39, 0.29) is 10.2 Å². The molecule has 0 aliphatic rings. The summed E-state index contributed by atoms with van der Waals surface area (Å²) in [5, 5.41) is 4.28. The van der Waals surface area contributed by atoms with Crippen LogP contribution in [0.5, 0.6) is 5.75 Å². The zero-order valence-corrected chi connectivity index (χ0v) is 17.6. The minimum absolute atomic E-state index is 0.163. The molecule has 32 heavy (non-hydrogen) atoms. The first-order chi connectivity index (χ1) is 15.4. The van der Waals surface area contributed by atoms with Crippen LogP contribution < -0.4 is 21.3 Å². The number of ether oxygens (including phenoxy) is 1. The Labute approximate surface area is 184 Å². The summed E-state index contributed by atoms with van der Waals surface area (Å²) in [6.45, 7) is 1.77. The molecular formula is C22H17F2N3O4S. The van der Waals surface area contributed by atoms with Crippen LogP contribution >= 0.6 is 11.3 Å². The summed E-state index contributed by atoms with van der Waals surface area (Å²) >= 11 is 1.05. The minimum atomic E-state index is -1.07. The quantitative estimate of drug-likeness (QED) is 0.480. The van der Waals surface area contributed by atoms with E-state index in [0.29, 0.717) is 28.7 Å². The maximum atomic E-state index is 14.4. The maximum Gasteiger partial charge on any atom is 0.336 e. The Morgan fingerprint density at radius 2 is 1.91 bits per heavy atom. The van der Waals surface area contributed by atoms with Gasteiger partial charge in [-0.2, -0.15) is 0 Å². The first-order valence-electron chi connectivity index (χ1n) is 9.61. The van der Waals surface area contributed by atoms with Crippen molar-refractivity contribution in [1.29, 1.82) is 0 Å². The lowest BCUT2D eigenvalue weighted by Crippen LogP contribution is -2.40. The maximum absolute atomic E-state index is 14.4. The van der Waals surface area contributed by atoms with Crippen molar-refractivity contribution in [2.24, 2.45) is 0 Å². The van der Waals surface area contributed by atoms with Crippen molar-refractivity contribution in [2.45, 2.75) is 13.5 Å². The molecule has 0 bridgehead atoms. The molecule has 164 valence electrons. The Bertz CT molecular complexity index is 1440. The molecule has 0 saturated heterocycles. The molecule has 0 aliphatic heterocycles. The average Bonchev–Trinajstić information content (AvgIpc) is 3.24. The Kier molecular flexibility index (Phi) is 5.87. The molecule has 2 heterocycles. The van der Waals surface area contributed by atoms with E-state index in [2.05, 4.69) is 5.32 Å². The highest BCUT2D eigenvalue weighted by atomic mass is 32.1. The number of amides is 1. The Balaban J connectivity index is 1.78. The van der Waals surface area contributed by atoms with Crippen molar-refractivity contribution >= 4 is 33.1 Å². The summed E-state index contributed by atoms with van der Waals surface area (Å²) in [4.78, 5) is 38.8. The van der Waals surface area contributed by atoms with Gasteiger partial charge in [-0.25, -0.2) is 18.1 Å². The molecule has 0 radical (unpaired) electrons. The van der Waals surface area contributed by atoms with E-state index < -0.39 is 41.0 Å². The molecule has 2 aromatic heterocycles. The monoisotopic (exact) mass is 457 g/mol. The van der Waals surface area contributed by atoms with Crippen LogP contribution in [0.2, 0.25) is 0 Å². The van der Waals surface area contributed by atoms with Crippen LogP contribution in [0.25, 0.3) is 15.9 Å². The van der Waals surface area contributed by atoms with Crippen molar-refractivity contribution in [2.75, 3.05) is 11.9 Å². The van der Waals surface area contributed by atoms with E-state index in [0.717, 1.165) is 28.0 Å². The van der Waals surface area contributed by atoms with Gasteiger partial charge in [-0.05, 0) is 42.6 Å². The zero-order chi connectivity index (χ0) is 22.8. The number of anilines is 1. The van der Waals surface area contributed by atoms with Crippen LogP contribution in [-0.4, -0.2) is 21.6 Å². The lowest BCUT2D eigenvalue weighted by Gasteiger charge is -2.14. The predicted octanol–water partition coefficient (Wildman–Crippen LogP) is 3.53. The summed E-state index contributed by atoms with van der Waals surface area (Å²) in [7, 11) is 0. The van der Waals surface area contributed by atoms with Crippen LogP contribution in [0.4, 0.5) is 14.5 Å². The number of carbonyl (C=O) groups excluding carboxylic acids is 1. The SMILES string of the molecule is CCOc1ccccc1NC(=O)Cn1c(=O)n(-c2ccc(F)cc2F)c(=O)c2sccc21. The fourth-order valence-electron chi connectivity index (χ4n) is 3.30. The van der Waals surface area contributed by atoms with Crippen molar-refractivity contribution in [3.63, 3.8) is 0 Å². The van der Waals surface area contributed by atoms with Crippen LogP contribution in [-0.2, 0) is 11.3 Å². The number of halogens is 2. The molecular weight excluding hydrogens is 440 g/mol. The van der Waals surface area contributed by atoms with E-state index in [1.165, 1.54) is 6.07 Å². The van der Waals surface area contributed by atoms with Gasteiger partial charge in [0.25, 0.3) is 5.56 Å². The molecule has 4 aromatic rings. The number of aromatic nitrogens is 2. The molecule has 0 saturated carbocycles. The highest BCUT2D eigenvalue weighted by Gasteiger charge is 2.20. The van der Waals surface area contributed by atoms with Gasteiger partial charge in [0.15, 0.2) is 0 Å². The summed E-state index contributed by atoms with van der Waals surface area (Å²) in [6, 6.07) is 10.9. The van der Waals surface area contributed by atoms with Gasteiger partial charge in [-0.1, -0.05) is 12.1 Å². The molecule has 0 spiro atoms. The van der Waals surface area contributed by atoms with Gasteiger partial charge in [-0.3, -0.25) is 14.2 Å². The van der Waals surface area contributed by atoms with E-state index in [9.17, 15) is 23.2 Å². The van der Waals surface area contributed by atoms with Gasteiger partial charge >= 0.3 is 5.69 Å². The highest BCUT2D eigenvalue weighted by molar-refractivity contribution is 7.17. The molecule has 1 amide bonds. The van der Waals surface area contributed by atoms with Crippen molar-refractivity contribution in [3.05, 3.63) is 86.4 Å². The summed E-state index contributed by atoms with van der Waals surface area (Å²) < 4.78 is 35.1. The molecule has 10 heteroatoms. The number of carbonyl (C=O) groups is 1. The number of benzene rings is 2. The molecule has 0 unspecified atom stereocenters. The second-order valence-corrected chi connectivity index (χ2v) is 7.63. The normalized spacial score (nSPS) is 11.0. The lowest BCUT2D eigenvalue weighted by atomic mass is 10.3. The summed E-state index contributed by atoms with van der Waals surface area (Å²) in [6.07, 6.45) is 0. The van der Waals surface area contributed by atoms with Crippen LogP contribution in [0.3, 0.4) is 0 Å². The predicted molar refractivity (Wildman–Crippen MR) is 118 cm³/mol. The van der Waals surface area contributed by atoms with E-state index in [1.807, 2.05) is 6.92 Å². The van der Waals surface area contributed by atoms with Gasteiger partial charge in [0, 0.05) is 6.07 Å². The van der Waals surface area contributed by atoms with E-state index in [4.69, 9.17) is 4.74 Å². The topological polar surface area (TPSA) is 82.3 Å². The number of fused-ring (bicyclic) bond motifs is 1. The standard InChI is InChI=1S/C22H17F2N3O4S/c1-2-31-18-6-4-3-5-15(18)25-19(28)12-26-17-9-10-32-20(17)21(29)27(22(26)30)16-8-7-13(23)11-14(16)24/h3-11H,2,12H2,1H3,(H,25,28). The van der Waals surface area contributed by atoms with Crippen molar-refractivity contribution in [3.8, 4) is 11.4 Å². The Morgan fingerprint density at radius 3 is 2.66 bits per heavy atom. The van der Waals surface area contributed by atoms with E-state index in [1.54, 1.807) is 29.6 Å². The lowest BCUT2D eigenvalue weighted by molar-refractivity contribution is -0.116. The molecule has 2 aromatic carbocycles. The first kappa shape index (κ1) is 21.4. The number of hydrogen-bond donors (Lipinski definition) is 1. The number of para-hydroxylation sites is 2. The smallest absolute Gasteiger partial charge is 0.336 e. The van der Waals surface area contributed by atoms with Crippen LogP contribution in [0, 0.1) is 11.6 Å². The largest absolute Gasteiger partial charge is 0.492 e. The number of nitrogens with zero attached hydrogens (tertiary/aromatic N) is 2. The number of thiophene rings is 1.